The molecule has 1 aromatic carbocycles. The zero-order chi connectivity index (χ0) is 13.5. The first-order valence-corrected chi connectivity index (χ1v) is 7.15. The number of benzene rings is 1. The molecule has 0 saturated heterocycles. The van der Waals surface area contributed by atoms with Gasteiger partial charge < -0.3 is 4.90 Å². The normalized spacial score (nSPS) is 10.4. The topological polar surface area (TPSA) is 20.3 Å². The van der Waals surface area contributed by atoms with E-state index < -0.39 is 5.82 Å². The second kappa shape index (κ2) is 7.74. The van der Waals surface area contributed by atoms with Gasteiger partial charge in [-0.25, -0.2) is 4.39 Å². The smallest absolute Gasteiger partial charge is 0.254 e. The van der Waals surface area contributed by atoms with Gasteiger partial charge in [-0.1, -0.05) is 6.42 Å². The van der Waals surface area contributed by atoms with Gasteiger partial charge >= 0.3 is 0 Å². The lowest BCUT2D eigenvalue weighted by Gasteiger charge is -2.17. The number of hydrogen-bond donors (Lipinski definition) is 0. The summed E-state index contributed by atoms with van der Waals surface area (Å²) in [5.41, 5.74) is 0.356. The summed E-state index contributed by atoms with van der Waals surface area (Å²) in [4.78, 5) is 13.7. The number of halogens is 3. The Hall–Kier alpha value is -0.610. The first kappa shape index (κ1) is 15.4. The minimum Gasteiger partial charge on any atom is -0.342 e. The largest absolute Gasteiger partial charge is 0.342 e. The maximum Gasteiger partial charge on any atom is 0.254 e. The van der Waals surface area contributed by atoms with Gasteiger partial charge in [-0.2, -0.15) is 0 Å². The van der Waals surface area contributed by atoms with E-state index in [0.717, 1.165) is 19.3 Å². The Morgan fingerprint density at radius 1 is 1.39 bits per heavy atom. The summed E-state index contributed by atoms with van der Waals surface area (Å²) >= 11 is 8.85. The summed E-state index contributed by atoms with van der Waals surface area (Å²) in [6.07, 6.45) is 2.85. The molecular formula is C13H16BrClFNO. The van der Waals surface area contributed by atoms with Gasteiger partial charge in [-0.3, -0.25) is 4.79 Å². The number of unbranched alkanes of at least 4 members (excludes halogenated alkanes) is 2. The highest BCUT2D eigenvalue weighted by Gasteiger charge is 2.15. The number of amides is 1. The van der Waals surface area contributed by atoms with Gasteiger partial charge in [0.15, 0.2) is 0 Å². The van der Waals surface area contributed by atoms with Crippen LogP contribution in [-0.4, -0.2) is 30.3 Å². The standard InChI is InChI=1S/C13H16BrClFNO/c1-17(8-4-2-3-7-15)13(18)11-9-10(16)5-6-12(11)14/h5-6,9H,2-4,7-8H2,1H3. The highest BCUT2D eigenvalue weighted by atomic mass is 79.9. The minimum absolute atomic E-state index is 0.174. The van der Waals surface area contributed by atoms with E-state index in [2.05, 4.69) is 15.9 Å². The molecule has 5 heteroatoms. The van der Waals surface area contributed by atoms with Crippen LogP contribution in [-0.2, 0) is 0 Å². The molecule has 1 amide bonds. The van der Waals surface area contributed by atoms with E-state index in [-0.39, 0.29) is 5.91 Å². The van der Waals surface area contributed by atoms with Crippen LogP contribution in [0.4, 0.5) is 4.39 Å². The lowest BCUT2D eigenvalue weighted by Crippen LogP contribution is -2.28. The Morgan fingerprint density at radius 3 is 2.78 bits per heavy atom. The molecule has 1 aromatic rings. The van der Waals surface area contributed by atoms with Crippen molar-refractivity contribution in [3.05, 3.63) is 34.1 Å². The Balaban J connectivity index is 2.60. The Bertz CT molecular complexity index is 414. The van der Waals surface area contributed by atoms with Crippen LogP contribution in [0.1, 0.15) is 29.6 Å². The van der Waals surface area contributed by atoms with E-state index >= 15 is 0 Å². The molecule has 0 aliphatic carbocycles. The molecule has 0 fully saturated rings. The quantitative estimate of drug-likeness (QED) is 0.566. The number of nitrogens with zero attached hydrogens (tertiary/aromatic N) is 1. The molecule has 0 aliphatic rings. The lowest BCUT2D eigenvalue weighted by molar-refractivity contribution is 0.0791. The third kappa shape index (κ3) is 4.58. The van der Waals surface area contributed by atoms with Crippen molar-refractivity contribution in [3.63, 3.8) is 0 Å². The lowest BCUT2D eigenvalue weighted by atomic mass is 10.2. The van der Waals surface area contributed by atoms with E-state index in [1.165, 1.54) is 12.1 Å². The van der Waals surface area contributed by atoms with Crippen molar-refractivity contribution in [1.82, 2.24) is 4.90 Å². The van der Waals surface area contributed by atoms with Gasteiger partial charge in [-0.15, -0.1) is 11.6 Å². The van der Waals surface area contributed by atoms with Gasteiger partial charge in [0.2, 0.25) is 0 Å². The molecule has 0 atom stereocenters. The van der Waals surface area contributed by atoms with Gasteiger partial charge in [-0.05, 0) is 47.0 Å². The van der Waals surface area contributed by atoms with Crippen LogP contribution in [0.5, 0.6) is 0 Å². The monoisotopic (exact) mass is 335 g/mol. The number of alkyl halides is 1. The summed E-state index contributed by atoms with van der Waals surface area (Å²) in [7, 11) is 1.72. The van der Waals surface area contributed by atoms with E-state index in [4.69, 9.17) is 11.6 Å². The zero-order valence-corrected chi connectivity index (χ0v) is 12.6. The number of rotatable bonds is 6. The summed E-state index contributed by atoms with van der Waals surface area (Å²) < 4.78 is 13.7. The molecule has 0 bridgehead atoms. The Kier molecular flexibility index (Phi) is 6.65. The summed E-state index contributed by atoms with van der Waals surface area (Å²) in [5, 5.41) is 0. The average Bonchev–Trinajstić information content (AvgIpc) is 2.36. The fraction of sp³-hybridized carbons (Fsp3) is 0.462. The number of carbonyl (C=O) groups is 1. The van der Waals surface area contributed by atoms with Crippen molar-refractivity contribution in [2.45, 2.75) is 19.3 Å². The molecular weight excluding hydrogens is 321 g/mol. The van der Waals surface area contributed by atoms with Crippen molar-refractivity contribution in [3.8, 4) is 0 Å². The third-order valence-electron chi connectivity index (χ3n) is 2.63. The third-order valence-corrected chi connectivity index (χ3v) is 3.59. The zero-order valence-electron chi connectivity index (χ0n) is 10.3. The van der Waals surface area contributed by atoms with Crippen molar-refractivity contribution in [2.24, 2.45) is 0 Å². The van der Waals surface area contributed by atoms with Crippen LogP contribution < -0.4 is 0 Å². The van der Waals surface area contributed by atoms with E-state index in [0.29, 0.717) is 22.5 Å². The molecule has 0 spiro atoms. The molecule has 0 saturated carbocycles. The van der Waals surface area contributed by atoms with Gasteiger partial charge in [0.25, 0.3) is 5.91 Å². The SMILES string of the molecule is CN(CCCCCCl)C(=O)c1cc(F)ccc1Br. The van der Waals surface area contributed by atoms with Crippen LogP contribution in [0.25, 0.3) is 0 Å². The molecule has 0 N–H and O–H groups in total. The summed E-state index contributed by atoms with van der Waals surface area (Å²) in [6.45, 7) is 0.651. The van der Waals surface area contributed by atoms with Gasteiger partial charge in [0, 0.05) is 23.9 Å². The summed E-state index contributed by atoms with van der Waals surface area (Å²) in [6, 6.07) is 4.12. The molecule has 0 aliphatic heterocycles. The van der Waals surface area contributed by atoms with Crippen molar-refractivity contribution < 1.29 is 9.18 Å². The maximum atomic E-state index is 13.1. The highest BCUT2D eigenvalue weighted by Crippen LogP contribution is 2.19. The predicted octanol–water partition coefficient (Wildman–Crippen LogP) is 4.07. The molecule has 0 heterocycles. The Labute approximate surface area is 120 Å². The van der Waals surface area contributed by atoms with Crippen molar-refractivity contribution in [2.75, 3.05) is 19.5 Å². The molecule has 2 nitrogen and oxygen atoms in total. The molecule has 0 radical (unpaired) electrons. The van der Waals surface area contributed by atoms with Crippen molar-refractivity contribution >= 4 is 33.4 Å². The molecule has 0 aromatic heterocycles. The predicted molar refractivity (Wildman–Crippen MR) is 75.6 cm³/mol. The highest BCUT2D eigenvalue weighted by molar-refractivity contribution is 9.10. The van der Waals surface area contributed by atoms with Crippen LogP contribution in [0.3, 0.4) is 0 Å². The van der Waals surface area contributed by atoms with Crippen LogP contribution in [0, 0.1) is 5.82 Å². The molecule has 1 rings (SSSR count). The van der Waals surface area contributed by atoms with E-state index in [1.54, 1.807) is 18.0 Å². The van der Waals surface area contributed by atoms with E-state index in [1.807, 2.05) is 0 Å². The van der Waals surface area contributed by atoms with Crippen LogP contribution in [0.2, 0.25) is 0 Å². The fourth-order valence-corrected chi connectivity index (χ4v) is 2.19. The van der Waals surface area contributed by atoms with Crippen LogP contribution >= 0.6 is 27.5 Å². The first-order valence-electron chi connectivity index (χ1n) is 5.82. The first-order chi connectivity index (χ1) is 8.56. The maximum absolute atomic E-state index is 13.1. The molecule has 0 unspecified atom stereocenters. The van der Waals surface area contributed by atoms with Crippen LogP contribution in [0.15, 0.2) is 22.7 Å². The van der Waals surface area contributed by atoms with Crippen molar-refractivity contribution in [1.29, 1.82) is 0 Å². The second-order valence-corrected chi connectivity index (χ2v) is 5.33. The van der Waals surface area contributed by atoms with E-state index in [9.17, 15) is 9.18 Å². The summed E-state index contributed by atoms with van der Waals surface area (Å²) in [5.74, 6) is 0.0666. The molecule has 18 heavy (non-hydrogen) atoms. The molecule has 100 valence electrons. The average molecular weight is 337 g/mol. The van der Waals surface area contributed by atoms with Gasteiger partial charge in [0.1, 0.15) is 5.82 Å². The minimum atomic E-state index is -0.405. The second-order valence-electron chi connectivity index (χ2n) is 4.10. The number of hydrogen-bond acceptors (Lipinski definition) is 1. The Morgan fingerprint density at radius 2 is 2.11 bits per heavy atom. The van der Waals surface area contributed by atoms with Gasteiger partial charge in [0.05, 0.1) is 5.56 Å². The number of carbonyl (C=O) groups excluding carboxylic acids is 1. The fourth-order valence-electron chi connectivity index (χ4n) is 1.59.